The Morgan fingerprint density at radius 3 is 2.41 bits per heavy atom. The minimum Gasteiger partial charge on any atom is -0.491 e. The van der Waals surface area contributed by atoms with Crippen molar-refractivity contribution in [3.05, 3.63) is 88.7 Å². The molecule has 0 aliphatic carbocycles. The molecular weight excluding hydrogens is 473 g/mol. The number of ether oxygens (including phenoxy) is 1. The quantitative estimate of drug-likeness (QED) is 0.377. The summed E-state index contributed by atoms with van der Waals surface area (Å²) in [6.45, 7) is 0.935. The van der Waals surface area contributed by atoms with Crippen molar-refractivity contribution in [2.75, 3.05) is 18.1 Å². The van der Waals surface area contributed by atoms with Crippen LogP contribution in [0, 0.1) is 0 Å². The van der Waals surface area contributed by atoms with Gasteiger partial charge in [0.15, 0.2) is 0 Å². The molecule has 3 aromatic carbocycles. The number of aliphatic hydroxyl groups is 1. The fraction of sp³-hybridized carbons (Fsp3) is 0.231. The normalized spacial score (nSPS) is 16.9. The predicted octanol–water partition coefficient (Wildman–Crippen LogP) is 5.30. The van der Waals surface area contributed by atoms with Crippen LogP contribution in [0.3, 0.4) is 0 Å². The van der Waals surface area contributed by atoms with Gasteiger partial charge in [0, 0.05) is 34.6 Å². The second-order valence-corrected chi connectivity index (χ2v) is 9.24. The van der Waals surface area contributed by atoms with E-state index in [0.717, 1.165) is 22.5 Å². The summed E-state index contributed by atoms with van der Waals surface area (Å²) in [6, 6.07) is 22.1. The van der Waals surface area contributed by atoms with Crippen molar-refractivity contribution in [1.82, 2.24) is 9.55 Å². The first-order chi connectivity index (χ1) is 16.5. The van der Waals surface area contributed by atoms with Crippen LogP contribution in [0.1, 0.15) is 18.2 Å². The predicted molar refractivity (Wildman–Crippen MR) is 134 cm³/mol. The van der Waals surface area contributed by atoms with Crippen LogP contribution >= 0.6 is 23.2 Å². The van der Waals surface area contributed by atoms with Gasteiger partial charge in [-0.1, -0.05) is 35.3 Å². The fourth-order valence-electron chi connectivity index (χ4n) is 4.34. The summed E-state index contributed by atoms with van der Waals surface area (Å²) in [5, 5.41) is 12.0. The molecule has 8 heteroatoms. The van der Waals surface area contributed by atoms with Crippen LogP contribution in [0.25, 0.3) is 11.0 Å². The summed E-state index contributed by atoms with van der Waals surface area (Å²) >= 11 is 11.9. The van der Waals surface area contributed by atoms with E-state index >= 15 is 0 Å². The maximum atomic E-state index is 12.9. The molecule has 34 heavy (non-hydrogen) atoms. The number of para-hydroxylation sites is 2. The number of anilines is 1. The first-order valence-corrected chi connectivity index (χ1v) is 11.8. The molecule has 2 heterocycles. The summed E-state index contributed by atoms with van der Waals surface area (Å²) in [5.41, 5.74) is 2.57. The van der Waals surface area contributed by atoms with Crippen molar-refractivity contribution in [2.24, 2.45) is 0 Å². The van der Waals surface area contributed by atoms with Crippen LogP contribution in [0.4, 0.5) is 5.69 Å². The molecule has 6 nitrogen and oxygen atoms in total. The van der Waals surface area contributed by atoms with Gasteiger partial charge in [0.1, 0.15) is 24.3 Å². The summed E-state index contributed by atoms with van der Waals surface area (Å²) in [6.07, 6.45) is -0.417. The van der Waals surface area contributed by atoms with E-state index in [0.29, 0.717) is 35.3 Å². The molecular formula is C26H23Cl2N3O3. The molecule has 1 aromatic heterocycles. The Hall–Kier alpha value is -3.06. The van der Waals surface area contributed by atoms with Gasteiger partial charge < -0.3 is 19.3 Å². The number of nitrogens with zero attached hydrogens (tertiary/aromatic N) is 3. The molecule has 1 aliphatic rings. The average Bonchev–Trinajstić information content (AvgIpc) is 3.40. The largest absolute Gasteiger partial charge is 0.491 e. The molecule has 1 amide bonds. The number of carbonyl (C=O) groups excluding carboxylic acids is 1. The van der Waals surface area contributed by atoms with E-state index in [-0.39, 0.29) is 18.4 Å². The van der Waals surface area contributed by atoms with E-state index < -0.39 is 6.10 Å². The third kappa shape index (κ3) is 4.75. The standard InChI is InChI=1S/C26H23Cl2N3O3/c27-18-5-9-20(10-6-18)30-14-17(13-25(30)33)26-29-23-3-1-2-4-24(23)31(26)15-21(32)16-34-22-11-7-19(28)8-12-22/h1-12,17,21,32H,13-16H2/t17-,21-/m1/s1. The van der Waals surface area contributed by atoms with Crippen molar-refractivity contribution >= 4 is 45.8 Å². The SMILES string of the molecule is O=C1C[C@@H](c2nc3ccccc3n2C[C@@H](O)COc2ccc(Cl)cc2)CN1c1ccc(Cl)cc1. The Labute approximate surface area is 207 Å². The molecule has 0 spiro atoms. The Morgan fingerprint density at radius 2 is 1.68 bits per heavy atom. The van der Waals surface area contributed by atoms with E-state index in [4.69, 9.17) is 32.9 Å². The van der Waals surface area contributed by atoms with Crippen molar-refractivity contribution in [3.63, 3.8) is 0 Å². The Morgan fingerprint density at radius 1 is 1.00 bits per heavy atom. The molecule has 174 valence electrons. The van der Waals surface area contributed by atoms with Crippen LogP contribution in [0.15, 0.2) is 72.8 Å². The highest BCUT2D eigenvalue weighted by molar-refractivity contribution is 6.30. The lowest BCUT2D eigenvalue weighted by atomic mass is 10.1. The minimum atomic E-state index is -0.767. The number of imidazole rings is 1. The highest BCUT2D eigenvalue weighted by atomic mass is 35.5. The van der Waals surface area contributed by atoms with Gasteiger partial charge in [0.2, 0.25) is 5.91 Å². The van der Waals surface area contributed by atoms with Crippen LogP contribution in [0.5, 0.6) is 5.75 Å². The Kier molecular flexibility index (Phi) is 6.46. The van der Waals surface area contributed by atoms with Crippen LogP contribution < -0.4 is 9.64 Å². The summed E-state index contributed by atoms with van der Waals surface area (Å²) in [4.78, 5) is 19.5. The molecule has 1 aliphatic heterocycles. The third-order valence-electron chi connectivity index (χ3n) is 5.96. The summed E-state index contributed by atoms with van der Waals surface area (Å²) < 4.78 is 7.74. The average molecular weight is 496 g/mol. The van der Waals surface area contributed by atoms with E-state index in [1.165, 1.54) is 0 Å². The van der Waals surface area contributed by atoms with Crippen LogP contribution in [0.2, 0.25) is 10.0 Å². The van der Waals surface area contributed by atoms with Gasteiger partial charge in [-0.15, -0.1) is 0 Å². The molecule has 1 N–H and O–H groups in total. The Bertz CT molecular complexity index is 1310. The monoisotopic (exact) mass is 495 g/mol. The maximum absolute atomic E-state index is 12.9. The number of halogens is 2. The number of benzene rings is 3. The van der Waals surface area contributed by atoms with Crippen LogP contribution in [-0.2, 0) is 11.3 Å². The summed E-state index contributed by atoms with van der Waals surface area (Å²) in [5.74, 6) is 1.37. The molecule has 4 aromatic rings. The van der Waals surface area contributed by atoms with Crippen molar-refractivity contribution in [3.8, 4) is 5.75 Å². The maximum Gasteiger partial charge on any atom is 0.227 e. The number of carbonyl (C=O) groups is 1. The van der Waals surface area contributed by atoms with E-state index in [1.807, 2.05) is 41.0 Å². The minimum absolute atomic E-state index is 0.0394. The van der Waals surface area contributed by atoms with E-state index in [9.17, 15) is 9.90 Å². The molecule has 0 radical (unpaired) electrons. The van der Waals surface area contributed by atoms with E-state index in [2.05, 4.69) is 0 Å². The molecule has 0 saturated carbocycles. The second-order valence-electron chi connectivity index (χ2n) is 8.37. The number of hydrogen-bond acceptors (Lipinski definition) is 4. The second kappa shape index (κ2) is 9.66. The molecule has 5 rings (SSSR count). The fourth-order valence-corrected chi connectivity index (χ4v) is 4.59. The third-order valence-corrected chi connectivity index (χ3v) is 6.47. The molecule has 2 atom stereocenters. The molecule has 1 fully saturated rings. The number of aromatic nitrogens is 2. The van der Waals surface area contributed by atoms with Gasteiger partial charge in [-0.25, -0.2) is 4.98 Å². The highest BCUT2D eigenvalue weighted by Crippen LogP contribution is 2.33. The Balaban J connectivity index is 1.37. The highest BCUT2D eigenvalue weighted by Gasteiger charge is 2.35. The zero-order valence-corrected chi connectivity index (χ0v) is 19.8. The van der Waals surface area contributed by atoms with Crippen molar-refractivity contribution < 1.29 is 14.6 Å². The van der Waals surface area contributed by atoms with Gasteiger partial charge in [-0.2, -0.15) is 0 Å². The molecule has 0 unspecified atom stereocenters. The van der Waals surface area contributed by atoms with Crippen LogP contribution in [-0.4, -0.2) is 39.8 Å². The topological polar surface area (TPSA) is 67.6 Å². The molecule has 0 bridgehead atoms. The number of rotatable bonds is 7. The number of fused-ring (bicyclic) bond motifs is 1. The smallest absolute Gasteiger partial charge is 0.227 e. The van der Waals surface area contributed by atoms with Gasteiger partial charge in [0.05, 0.1) is 17.6 Å². The van der Waals surface area contributed by atoms with Gasteiger partial charge >= 0.3 is 0 Å². The zero-order valence-electron chi connectivity index (χ0n) is 18.3. The van der Waals surface area contributed by atoms with Gasteiger partial charge in [0.25, 0.3) is 0 Å². The van der Waals surface area contributed by atoms with E-state index in [1.54, 1.807) is 41.3 Å². The number of aliphatic hydroxyl groups excluding tert-OH is 1. The summed E-state index contributed by atoms with van der Waals surface area (Å²) in [7, 11) is 0. The number of amides is 1. The molecule has 1 saturated heterocycles. The lowest BCUT2D eigenvalue weighted by Crippen LogP contribution is -2.26. The van der Waals surface area contributed by atoms with Crippen molar-refractivity contribution in [1.29, 1.82) is 0 Å². The van der Waals surface area contributed by atoms with Gasteiger partial charge in [-0.05, 0) is 60.7 Å². The first-order valence-electron chi connectivity index (χ1n) is 11.1. The van der Waals surface area contributed by atoms with Crippen molar-refractivity contribution in [2.45, 2.75) is 25.0 Å². The zero-order chi connectivity index (χ0) is 23.7. The lowest BCUT2D eigenvalue weighted by Gasteiger charge is -2.19. The van der Waals surface area contributed by atoms with Gasteiger partial charge in [-0.3, -0.25) is 4.79 Å². The first kappa shape index (κ1) is 22.7. The number of hydrogen-bond donors (Lipinski definition) is 1. The lowest BCUT2D eigenvalue weighted by molar-refractivity contribution is -0.117.